The fourth-order valence-corrected chi connectivity index (χ4v) is 16.3. The molecule has 1 fully saturated rings. The van der Waals surface area contributed by atoms with Gasteiger partial charge in [0.1, 0.15) is 78.0 Å². The van der Waals surface area contributed by atoms with Crippen LogP contribution in [0.4, 0.5) is 0 Å². The maximum atomic E-state index is 15.6. The summed E-state index contributed by atoms with van der Waals surface area (Å²) in [7, 11) is 5.20. The van der Waals surface area contributed by atoms with Gasteiger partial charge in [0.05, 0.1) is 31.8 Å². The molecular weight excluding hydrogens is 1740 g/mol. The maximum Gasteiger partial charge on any atom is 0.245 e. The van der Waals surface area contributed by atoms with Crippen LogP contribution in [0.25, 0.3) is 22.0 Å². The van der Waals surface area contributed by atoms with Gasteiger partial charge in [-0.1, -0.05) is 191 Å². The molecule has 1 aliphatic heterocycles. The third kappa shape index (κ3) is 31.1. The van der Waals surface area contributed by atoms with Gasteiger partial charge in [0.25, 0.3) is 0 Å². The number of carbonyl (C=O) groups excluding carboxylic acids is 16. The normalized spacial score (nSPS) is 21.4. The lowest BCUT2D eigenvalue weighted by atomic mass is 9.98. The van der Waals surface area contributed by atoms with E-state index in [1.165, 1.54) is 76.7 Å². The Hall–Kier alpha value is -14.5. The predicted molar refractivity (Wildman–Crippen MR) is 503 cm³/mol. The number of nitrogens with one attached hydrogen (secondary N) is 11. The Bertz CT molecular complexity index is 5410. The van der Waals surface area contributed by atoms with E-state index in [-0.39, 0.29) is 75.8 Å². The second-order valence-corrected chi connectivity index (χ2v) is 34.6. The molecule has 16 amide bonds. The molecule has 0 spiro atoms. The van der Waals surface area contributed by atoms with Crippen LogP contribution >= 0.6 is 11.8 Å². The Kier molecular flexibility index (Phi) is 39.1. The lowest BCUT2D eigenvalue weighted by molar-refractivity contribution is -0.147. The zero-order chi connectivity index (χ0) is 97.2. The van der Waals surface area contributed by atoms with Crippen LogP contribution < -0.4 is 70.4 Å². The summed E-state index contributed by atoms with van der Waals surface area (Å²) in [6.07, 6.45) is 0.191. The van der Waals surface area contributed by atoms with E-state index in [1.807, 2.05) is 49.4 Å². The zero-order valence-corrected chi connectivity index (χ0v) is 76.8. The number of rotatable bonds is 25. The van der Waals surface area contributed by atoms with Crippen molar-refractivity contribution in [2.45, 2.75) is 164 Å². The fraction of sp³-hybridized carbons (Fsp3) is 0.381. The molecule has 9 rings (SSSR count). The summed E-state index contributed by atoms with van der Waals surface area (Å²) in [4.78, 5) is 243. The van der Waals surface area contributed by atoms with Crippen LogP contribution in [-0.4, -0.2) is 262 Å². The summed E-state index contributed by atoms with van der Waals surface area (Å²) < 4.78 is 0. The number of H-pyrrole nitrogens is 1. The average Bonchev–Trinajstić information content (AvgIpc) is 1.77. The number of aromatic nitrogens is 1. The minimum atomic E-state index is -1.79. The standard InChI is InChI=1S/C97H120N18O18S/c1-8-9-31-79-96(132)113(5)55-84(121)104-75(51-81(99)118)92(128)111-86(58(2)3)97(133)115(7)80(49-60-24-15-11-16-25-60)93(129)109-76(47-63-36-42-68(117)43-37-63)94(130)112(4)54-83(120)103-74(50-66-52-101-70-29-20-19-28-69(66)70)91(127)107-73(46-62-34-40-67(116)41-35-62)90(126)106-71(30-21-44-98)88(124)110-78(87(123)102-53-82(100)119)56-134-57-85(122)105-72(45-59-22-13-10-14-23-59)89(125)108-77(95(131)114(79)6)48-61-32-38-65(39-33-61)64-26-17-12-18-27-64/h10-20,22-29,32-43,52,58,71-80,86,101,116-117H,8-9,21,30-31,44-51,53-57,98H2,1-7H3,(H2,99,118)(H2,100,119)(H,102,123)(H,103,120)(H,104,121)(H,105,122)(H,106,126)(H,107,127)(H,108,125)(H,109,129)(H,110,124)(H,111,128)/t71-,72-,73-,74-,75-,76-,77-,78-,79-,80?,86-/m0/s1. The first-order chi connectivity index (χ1) is 64.1. The fourth-order valence-electron chi connectivity index (χ4n) is 15.4. The number of primary amides is 2. The van der Waals surface area contributed by atoms with Crippen molar-refractivity contribution in [2.24, 2.45) is 23.1 Å². The minimum absolute atomic E-state index is 0.0218. The van der Waals surface area contributed by atoms with E-state index in [0.29, 0.717) is 57.1 Å². The molecule has 1 aromatic heterocycles. The molecule has 1 saturated heterocycles. The molecule has 712 valence electrons. The van der Waals surface area contributed by atoms with Gasteiger partial charge >= 0.3 is 0 Å². The Balaban J connectivity index is 1.11. The van der Waals surface area contributed by atoms with Crippen LogP contribution in [0.2, 0.25) is 0 Å². The molecule has 0 radical (unpaired) electrons. The van der Waals surface area contributed by atoms with E-state index in [2.05, 4.69) is 58.2 Å². The van der Waals surface area contributed by atoms with Gasteiger partial charge in [-0.2, -0.15) is 0 Å². The molecule has 8 aromatic rings. The number of nitrogens with zero attached hydrogens (tertiary/aromatic N) is 4. The number of nitrogens with two attached hydrogens (primary N) is 3. The molecule has 134 heavy (non-hydrogen) atoms. The first kappa shape index (κ1) is 103. The molecule has 0 bridgehead atoms. The van der Waals surface area contributed by atoms with E-state index in [4.69, 9.17) is 17.2 Å². The highest BCUT2D eigenvalue weighted by molar-refractivity contribution is 8.00. The van der Waals surface area contributed by atoms with Crippen molar-refractivity contribution < 1.29 is 86.9 Å². The number of hydrogen-bond donors (Lipinski definition) is 16. The highest BCUT2D eigenvalue weighted by atomic mass is 32.2. The lowest BCUT2D eigenvalue weighted by Gasteiger charge is -2.34. The third-order valence-electron chi connectivity index (χ3n) is 22.8. The van der Waals surface area contributed by atoms with Crippen LogP contribution in [0.5, 0.6) is 11.5 Å². The van der Waals surface area contributed by atoms with E-state index in [1.54, 1.807) is 117 Å². The van der Waals surface area contributed by atoms with Crippen molar-refractivity contribution in [3.8, 4) is 22.6 Å². The number of para-hydroxylation sites is 1. The summed E-state index contributed by atoms with van der Waals surface area (Å²) in [5.41, 5.74) is 22.5. The molecule has 11 atom stereocenters. The summed E-state index contributed by atoms with van der Waals surface area (Å²) in [6, 6.07) is 35.1. The number of benzene rings is 7. The highest BCUT2D eigenvalue weighted by Gasteiger charge is 2.41. The summed E-state index contributed by atoms with van der Waals surface area (Å²) in [6.45, 7) is 2.71. The van der Waals surface area contributed by atoms with Crippen molar-refractivity contribution in [3.05, 3.63) is 228 Å². The Morgan fingerprint density at radius 1 is 0.433 bits per heavy atom. The maximum absolute atomic E-state index is 15.6. The summed E-state index contributed by atoms with van der Waals surface area (Å²) in [5, 5.41) is 48.2. The van der Waals surface area contributed by atoms with Crippen molar-refractivity contribution >= 4 is 117 Å². The van der Waals surface area contributed by atoms with Gasteiger partial charge < -0.3 is 105 Å². The third-order valence-corrected chi connectivity index (χ3v) is 23.9. The summed E-state index contributed by atoms with van der Waals surface area (Å²) in [5.74, 6) is -16.7. The molecule has 0 aliphatic carbocycles. The molecule has 36 nitrogen and oxygen atoms in total. The van der Waals surface area contributed by atoms with E-state index in [9.17, 15) is 48.6 Å². The van der Waals surface area contributed by atoms with E-state index >= 15 is 38.4 Å². The summed E-state index contributed by atoms with van der Waals surface area (Å²) >= 11 is 0.810. The first-order valence-electron chi connectivity index (χ1n) is 44.3. The van der Waals surface area contributed by atoms with Crippen molar-refractivity contribution in [1.29, 1.82) is 0 Å². The number of fused-ring (bicyclic) bond motifs is 1. The Morgan fingerprint density at radius 3 is 1.43 bits per heavy atom. The Labute approximate surface area is 781 Å². The van der Waals surface area contributed by atoms with Crippen LogP contribution in [0.1, 0.15) is 92.7 Å². The number of phenols is 2. The SMILES string of the molecule is CCCC[C@H]1C(=O)N(C)CC(=O)N[C@@H](CC(N)=O)C(=O)N[C@@H](C(C)C)C(=O)N(C)C(Cc2ccccc2)C(=O)N[C@@H](Cc2ccc(O)cc2)C(=O)N(C)CC(=O)N[C@@H](Cc2c[nH]c3ccccc23)C(=O)N[C@@H](Cc2ccc(O)cc2)C(=O)N[C@@H](CCCN)C(=O)N[C@H](C(=O)NCC(N)=O)CSCC(=O)N[C@@H](Cc2ccccc2)C(=O)N[C@@H](Cc2ccc(-c3ccccc3)cc2)C(=O)N1C. The van der Waals surface area contributed by atoms with Crippen LogP contribution in [0, 0.1) is 5.92 Å². The zero-order valence-electron chi connectivity index (χ0n) is 76.0. The number of carbonyl (C=O) groups is 16. The molecule has 1 aliphatic rings. The molecular formula is C97H120N18O18S. The first-order valence-corrected chi connectivity index (χ1v) is 45.4. The van der Waals surface area contributed by atoms with E-state index < -0.39 is 204 Å². The average molecular weight is 1860 g/mol. The quantitative estimate of drug-likeness (QED) is 0.0387. The van der Waals surface area contributed by atoms with Crippen LogP contribution in [0.3, 0.4) is 0 Å². The van der Waals surface area contributed by atoms with Gasteiger partial charge in [-0.15, -0.1) is 11.8 Å². The van der Waals surface area contributed by atoms with Gasteiger partial charge in [0.15, 0.2) is 0 Å². The van der Waals surface area contributed by atoms with E-state index in [0.717, 1.165) is 42.5 Å². The lowest BCUT2D eigenvalue weighted by Crippen LogP contribution is -2.61. The largest absolute Gasteiger partial charge is 0.508 e. The number of aromatic amines is 1. The number of unbranched alkanes of at least 4 members (excludes halogenated alkanes) is 1. The second-order valence-electron chi connectivity index (χ2n) is 33.6. The predicted octanol–water partition coefficient (Wildman–Crippen LogP) is 1.74. The number of amides is 16. The van der Waals surface area contributed by atoms with Crippen molar-refractivity contribution in [2.75, 3.05) is 65.9 Å². The minimum Gasteiger partial charge on any atom is -0.508 e. The smallest absolute Gasteiger partial charge is 0.245 e. The Morgan fingerprint density at radius 2 is 0.873 bits per heavy atom. The highest BCUT2D eigenvalue weighted by Crippen LogP contribution is 2.25. The number of hydrogen-bond acceptors (Lipinski definition) is 20. The van der Waals surface area contributed by atoms with Crippen LogP contribution in [-0.2, 0) is 115 Å². The van der Waals surface area contributed by atoms with Gasteiger partial charge in [0.2, 0.25) is 94.5 Å². The van der Waals surface area contributed by atoms with Crippen LogP contribution in [0.15, 0.2) is 194 Å². The van der Waals surface area contributed by atoms with Gasteiger partial charge in [0, 0.05) is 89.6 Å². The number of aromatic hydroxyl groups is 2. The number of phenolic OH excluding ortho intramolecular Hbond substituents is 2. The molecule has 19 N–H and O–H groups in total. The van der Waals surface area contributed by atoms with Gasteiger partial charge in [-0.3, -0.25) is 76.7 Å². The monoisotopic (exact) mass is 1860 g/mol. The number of thioether (sulfide) groups is 1. The topological polar surface area (TPSA) is 541 Å². The molecule has 37 heteroatoms. The van der Waals surface area contributed by atoms with Crippen molar-refractivity contribution in [3.63, 3.8) is 0 Å². The molecule has 2 heterocycles. The number of likely N-dealkylation sites (N-methyl/N-ethyl adjacent to an activating group) is 4. The van der Waals surface area contributed by atoms with Crippen molar-refractivity contribution in [1.82, 2.24) is 77.8 Å². The molecule has 7 aromatic carbocycles. The van der Waals surface area contributed by atoms with Gasteiger partial charge in [-0.05, 0) is 107 Å². The molecule has 0 saturated carbocycles. The molecule has 1 unspecified atom stereocenters. The second kappa shape index (κ2) is 50.8. The van der Waals surface area contributed by atoms with Gasteiger partial charge in [-0.25, -0.2) is 0 Å².